The predicted molar refractivity (Wildman–Crippen MR) is 65.5 cm³/mol. The Bertz CT molecular complexity index is 478. The molecule has 1 aromatic heterocycles. The number of oxazole rings is 1. The van der Waals surface area contributed by atoms with Gasteiger partial charge in [-0.15, -0.1) is 0 Å². The van der Waals surface area contributed by atoms with Crippen LogP contribution in [0.5, 0.6) is 0 Å². The molecule has 0 amide bonds. The molecule has 2 aromatic rings. The normalized spacial score (nSPS) is 12.9. The zero-order valence-corrected chi connectivity index (χ0v) is 9.66. The summed E-state index contributed by atoms with van der Waals surface area (Å²) in [6.45, 7) is 5.53. The van der Waals surface area contributed by atoms with E-state index in [1.54, 1.807) is 0 Å². The Labute approximate surface area is 94.8 Å². The van der Waals surface area contributed by atoms with Gasteiger partial charge in [0.2, 0.25) is 0 Å². The average molecular weight is 219 g/mol. The quantitative estimate of drug-likeness (QED) is 0.827. The van der Waals surface area contributed by atoms with E-state index in [1.165, 1.54) is 0 Å². The van der Waals surface area contributed by atoms with Crippen LogP contribution in [-0.2, 0) is 0 Å². The van der Waals surface area contributed by atoms with Crippen LogP contribution in [0.25, 0.3) is 11.1 Å². The third-order valence-electron chi connectivity index (χ3n) is 2.55. The van der Waals surface area contributed by atoms with Crippen molar-refractivity contribution in [2.75, 3.05) is 18.4 Å². The summed E-state index contributed by atoms with van der Waals surface area (Å²) in [5.74, 6) is 1.16. The Balaban J connectivity index is 2.13. The van der Waals surface area contributed by atoms with Crippen LogP contribution in [0.2, 0.25) is 0 Å². The first-order chi connectivity index (χ1) is 7.69. The second-order valence-corrected chi connectivity index (χ2v) is 4.14. The molecule has 0 bridgehead atoms. The summed E-state index contributed by atoms with van der Waals surface area (Å²) in [7, 11) is 0. The summed E-state index contributed by atoms with van der Waals surface area (Å²) in [6, 6.07) is 5.94. The lowest BCUT2D eigenvalue weighted by molar-refractivity contribution is 0.561. The molecule has 0 fully saturated rings. The largest absolute Gasteiger partial charge is 0.441 e. The summed E-state index contributed by atoms with van der Waals surface area (Å²) < 4.78 is 5.47. The summed E-state index contributed by atoms with van der Waals surface area (Å²) in [5, 5.41) is 3.33. The predicted octanol–water partition coefficient (Wildman–Crippen LogP) is 2.14. The van der Waals surface area contributed by atoms with Crippen LogP contribution in [0, 0.1) is 12.8 Å². The van der Waals surface area contributed by atoms with Crippen molar-refractivity contribution in [3.8, 4) is 0 Å². The molecular weight excluding hydrogens is 202 g/mol. The first kappa shape index (κ1) is 11.0. The highest BCUT2D eigenvalue weighted by molar-refractivity contribution is 5.77. The van der Waals surface area contributed by atoms with E-state index in [9.17, 15) is 0 Å². The molecule has 1 unspecified atom stereocenters. The molecule has 4 heteroatoms. The number of hydrogen-bond donors (Lipinski definition) is 2. The topological polar surface area (TPSA) is 64.1 Å². The number of nitrogens with two attached hydrogens (primary N) is 1. The molecule has 0 aliphatic rings. The van der Waals surface area contributed by atoms with Crippen LogP contribution in [0.15, 0.2) is 22.6 Å². The molecule has 1 aromatic carbocycles. The van der Waals surface area contributed by atoms with Gasteiger partial charge in [0.15, 0.2) is 11.5 Å². The van der Waals surface area contributed by atoms with Gasteiger partial charge in [-0.3, -0.25) is 0 Å². The minimum atomic E-state index is 0.465. The fourth-order valence-electron chi connectivity index (χ4n) is 1.53. The first-order valence-corrected chi connectivity index (χ1v) is 5.50. The maximum atomic E-state index is 5.56. The van der Waals surface area contributed by atoms with E-state index in [0.29, 0.717) is 18.4 Å². The number of nitrogens with zero attached hydrogens (tertiary/aromatic N) is 1. The monoisotopic (exact) mass is 219 g/mol. The van der Waals surface area contributed by atoms with E-state index < -0.39 is 0 Å². The highest BCUT2D eigenvalue weighted by atomic mass is 16.3. The molecule has 0 saturated heterocycles. The minimum Gasteiger partial charge on any atom is -0.441 e. The van der Waals surface area contributed by atoms with Crippen molar-refractivity contribution in [3.63, 3.8) is 0 Å². The Morgan fingerprint density at radius 1 is 1.50 bits per heavy atom. The Kier molecular flexibility index (Phi) is 3.10. The van der Waals surface area contributed by atoms with Crippen LogP contribution in [0.1, 0.15) is 12.8 Å². The lowest BCUT2D eigenvalue weighted by atomic mass is 10.2. The Morgan fingerprint density at radius 3 is 3.06 bits per heavy atom. The molecule has 0 aliphatic heterocycles. The highest BCUT2D eigenvalue weighted by Crippen LogP contribution is 2.19. The van der Waals surface area contributed by atoms with Crippen LogP contribution < -0.4 is 11.1 Å². The molecule has 86 valence electrons. The van der Waals surface area contributed by atoms with E-state index in [1.807, 2.05) is 25.1 Å². The summed E-state index contributed by atoms with van der Waals surface area (Å²) in [6.07, 6.45) is 0. The van der Waals surface area contributed by atoms with Crippen molar-refractivity contribution >= 4 is 16.8 Å². The van der Waals surface area contributed by atoms with Gasteiger partial charge in [0.05, 0.1) is 0 Å². The van der Waals surface area contributed by atoms with Gasteiger partial charge in [0, 0.05) is 25.2 Å². The van der Waals surface area contributed by atoms with E-state index in [4.69, 9.17) is 10.2 Å². The maximum absolute atomic E-state index is 5.56. The fourth-order valence-corrected chi connectivity index (χ4v) is 1.53. The van der Waals surface area contributed by atoms with Crippen LogP contribution in [0.3, 0.4) is 0 Å². The number of benzene rings is 1. The highest BCUT2D eigenvalue weighted by Gasteiger charge is 2.04. The van der Waals surface area contributed by atoms with Gasteiger partial charge < -0.3 is 15.5 Å². The van der Waals surface area contributed by atoms with Crippen molar-refractivity contribution in [1.82, 2.24) is 4.98 Å². The first-order valence-electron chi connectivity index (χ1n) is 5.50. The lowest BCUT2D eigenvalue weighted by Gasteiger charge is -2.10. The maximum Gasteiger partial charge on any atom is 0.192 e. The molecule has 0 aliphatic carbocycles. The summed E-state index contributed by atoms with van der Waals surface area (Å²) in [4.78, 5) is 4.25. The second-order valence-electron chi connectivity index (χ2n) is 4.14. The van der Waals surface area contributed by atoms with E-state index in [-0.39, 0.29) is 0 Å². The zero-order valence-electron chi connectivity index (χ0n) is 9.66. The number of rotatable bonds is 4. The van der Waals surface area contributed by atoms with Crippen LogP contribution in [-0.4, -0.2) is 18.1 Å². The molecule has 1 heterocycles. The van der Waals surface area contributed by atoms with Gasteiger partial charge in [-0.1, -0.05) is 6.92 Å². The third kappa shape index (κ3) is 2.33. The molecule has 0 spiro atoms. The van der Waals surface area contributed by atoms with Gasteiger partial charge in [-0.05, 0) is 24.6 Å². The summed E-state index contributed by atoms with van der Waals surface area (Å²) in [5.41, 5.74) is 8.33. The van der Waals surface area contributed by atoms with Crippen molar-refractivity contribution < 1.29 is 4.42 Å². The van der Waals surface area contributed by atoms with Gasteiger partial charge in [0.1, 0.15) is 5.52 Å². The zero-order chi connectivity index (χ0) is 11.5. The smallest absolute Gasteiger partial charge is 0.192 e. The number of aromatic nitrogens is 1. The van der Waals surface area contributed by atoms with E-state index in [0.717, 1.165) is 23.3 Å². The fraction of sp³-hybridized carbons (Fsp3) is 0.417. The molecular formula is C12H17N3O. The van der Waals surface area contributed by atoms with Crippen LogP contribution >= 0.6 is 0 Å². The number of hydrogen-bond acceptors (Lipinski definition) is 4. The molecule has 4 nitrogen and oxygen atoms in total. The van der Waals surface area contributed by atoms with E-state index >= 15 is 0 Å². The van der Waals surface area contributed by atoms with Gasteiger partial charge in [-0.2, -0.15) is 0 Å². The Morgan fingerprint density at radius 2 is 2.31 bits per heavy atom. The van der Waals surface area contributed by atoms with E-state index in [2.05, 4.69) is 17.2 Å². The van der Waals surface area contributed by atoms with Crippen molar-refractivity contribution in [1.29, 1.82) is 0 Å². The minimum absolute atomic E-state index is 0.465. The molecule has 16 heavy (non-hydrogen) atoms. The van der Waals surface area contributed by atoms with Gasteiger partial charge in [0.25, 0.3) is 0 Å². The number of nitrogens with one attached hydrogen (secondary N) is 1. The van der Waals surface area contributed by atoms with Crippen molar-refractivity contribution in [2.45, 2.75) is 13.8 Å². The average Bonchev–Trinajstić information content (AvgIpc) is 2.65. The summed E-state index contributed by atoms with van der Waals surface area (Å²) >= 11 is 0. The standard InChI is InChI=1S/C12H17N3O/c1-8(6-13)7-14-10-3-4-11-12(5-10)16-9(2)15-11/h3-5,8,14H,6-7,13H2,1-2H3. The molecule has 0 saturated carbocycles. The lowest BCUT2D eigenvalue weighted by Crippen LogP contribution is -2.19. The molecule has 3 N–H and O–H groups in total. The Hall–Kier alpha value is -1.55. The third-order valence-corrected chi connectivity index (χ3v) is 2.55. The van der Waals surface area contributed by atoms with Crippen LogP contribution in [0.4, 0.5) is 5.69 Å². The number of aryl methyl sites for hydroxylation is 1. The van der Waals surface area contributed by atoms with Gasteiger partial charge >= 0.3 is 0 Å². The SMILES string of the molecule is Cc1nc2ccc(NCC(C)CN)cc2o1. The molecule has 2 rings (SSSR count). The van der Waals surface area contributed by atoms with Gasteiger partial charge in [-0.25, -0.2) is 4.98 Å². The number of anilines is 1. The van der Waals surface area contributed by atoms with Crippen molar-refractivity contribution in [3.05, 3.63) is 24.1 Å². The van der Waals surface area contributed by atoms with Crippen molar-refractivity contribution in [2.24, 2.45) is 11.7 Å². The molecule has 1 atom stereocenters. The number of fused-ring (bicyclic) bond motifs is 1. The second kappa shape index (κ2) is 4.53. The molecule has 0 radical (unpaired) electrons.